The van der Waals surface area contributed by atoms with E-state index in [4.69, 9.17) is 0 Å². The number of para-hydroxylation sites is 1. The van der Waals surface area contributed by atoms with Gasteiger partial charge in [-0.05, 0) is 24.3 Å². The number of imide groups is 1. The van der Waals surface area contributed by atoms with Gasteiger partial charge in [0.1, 0.15) is 0 Å². The van der Waals surface area contributed by atoms with Crippen LogP contribution in [0.4, 0.5) is 0 Å². The lowest BCUT2D eigenvalue weighted by molar-refractivity contribution is -0.140. The van der Waals surface area contributed by atoms with E-state index in [9.17, 15) is 14.4 Å². The maximum absolute atomic E-state index is 12.7. The second-order valence-electron chi connectivity index (χ2n) is 7.22. The fraction of sp³-hybridized carbons (Fsp3) is 0.300. The summed E-state index contributed by atoms with van der Waals surface area (Å²) < 4.78 is 1.54. The molecule has 2 fully saturated rings. The molecule has 2 bridgehead atoms. The summed E-state index contributed by atoms with van der Waals surface area (Å²) in [6.07, 6.45) is 8.22. The van der Waals surface area contributed by atoms with Crippen LogP contribution in [-0.2, 0) is 9.59 Å². The normalized spacial score (nSPS) is 29.5. The van der Waals surface area contributed by atoms with E-state index in [1.807, 2.05) is 24.3 Å². The molecule has 4 atom stereocenters. The highest BCUT2D eigenvalue weighted by Gasteiger charge is 2.59. The molecule has 1 aromatic heterocycles. The monoisotopic (exact) mass is 347 g/mol. The molecule has 1 aliphatic heterocycles. The van der Waals surface area contributed by atoms with Crippen LogP contribution in [0.5, 0.6) is 0 Å². The number of hydrogen-bond acceptors (Lipinski definition) is 4. The molecule has 26 heavy (non-hydrogen) atoms. The van der Waals surface area contributed by atoms with Crippen molar-refractivity contribution in [2.75, 3.05) is 0 Å². The van der Waals surface area contributed by atoms with Crippen LogP contribution < -0.4 is 0 Å². The number of benzene rings is 1. The van der Waals surface area contributed by atoms with Gasteiger partial charge in [-0.1, -0.05) is 30.4 Å². The van der Waals surface area contributed by atoms with Gasteiger partial charge in [0, 0.05) is 24.1 Å². The summed E-state index contributed by atoms with van der Waals surface area (Å²) >= 11 is 0. The Labute approximate surface area is 149 Å². The van der Waals surface area contributed by atoms with E-state index in [-0.39, 0.29) is 41.4 Å². The molecule has 2 aliphatic carbocycles. The molecular weight excluding hydrogens is 330 g/mol. The van der Waals surface area contributed by atoms with E-state index in [0.717, 1.165) is 22.3 Å². The number of allylic oxidation sites excluding steroid dienone is 2. The first-order valence-corrected chi connectivity index (χ1v) is 8.77. The number of amides is 2. The van der Waals surface area contributed by atoms with Crippen LogP contribution in [0.3, 0.4) is 0 Å². The first-order valence-electron chi connectivity index (χ1n) is 8.77. The highest BCUT2D eigenvalue weighted by molar-refractivity contribution is 6.08. The van der Waals surface area contributed by atoms with Crippen LogP contribution in [0.2, 0.25) is 0 Å². The molecule has 2 amide bonds. The average molecular weight is 347 g/mol. The molecule has 1 saturated heterocycles. The Morgan fingerprint density at radius 1 is 1.12 bits per heavy atom. The first-order chi connectivity index (χ1) is 12.6. The lowest BCUT2D eigenvalue weighted by Crippen LogP contribution is -2.28. The number of nitrogens with zero attached hydrogens (tertiary/aromatic N) is 3. The summed E-state index contributed by atoms with van der Waals surface area (Å²) in [5, 5.41) is 6.10. The van der Waals surface area contributed by atoms with Gasteiger partial charge in [0.15, 0.2) is 0 Å². The van der Waals surface area contributed by atoms with Crippen LogP contribution in [0.15, 0.2) is 47.7 Å². The number of hydrogen-bond donors (Lipinski definition) is 0. The summed E-state index contributed by atoms with van der Waals surface area (Å²) in [5.41, 5.74) is 1.48. The fourth-order valence-electron chi connectivity index (χ4n) is 4.69. The molecule has 1 saturated carbocycles. The summed E-state index contributed by atoms with van der Waals surface area (Å²) in [6, 6.07) is 7.49. The Bertz CT molecular complexity index is 1000. The highest BCUT2D eigenvalue weighted by Crippen LogP contribution is 2.52. The molecule has 4 unspecified atom stereocenters. The number of hydrazone groups is 1. The molecule has 130 valence electrons. The van der Waals surface area contributed by atoms with Crippen LogP contribution in [0, 0.1) is 23.7 Å². The zero-order valence-corrected chi connectivity index (χ0v) is 14.2. The van der Waals surface area contributed by atoms with Gasteiger partial charge < -0.3 is 0 Å². The van der Waals surface area contributed by atoms with Crippen molar-refractivity contribution < 1.29 is 14.4 Å². The maximum atomic E-state index is 12.7. The van der Waals surface area contributed by atoms with Crippen molar-refractivity contribution in [1.82, 2.24) is 9.58 Å². The average Bonchev–Trinajstić information content (AvgIpc) is 3.37. The Kier molecular flexibility index (Phi) is 3.07. The summed E-state index contributed by atoms with van der Waals surface area (Å²) in [6.45, 7) is 1.49. The smallest absolute Gasteiger partial charge is 0.254 e. The molecule has 0 N–H and O–H groups in total. The van der Waals surface area contributed by atoms with Gasteiger partial charge in [0.2, 0.25) is 5.91 Å². The SMILES string of the molecule is CC(=O)n1cc(C=NN2C(=O)C3C4C=CC(C4)C3C2=O)c2ccccc21. The van der Waals surface area contributed by atoms with Crippen molar-refractivity contribution in [2.45, 2.75) is 13.3 Å². The van der Waals surface area contributed by atoms with Crippen molar-refractivity contribution in [3.63, 3.8) is 0 Å². The standard InChI is InChI=1S/C20H17N3O3/c1-11(24)22-10-14(15-4-2-3-5-16(15)22)9-21-23-19(25)17-12-6-7-13(8-12)18(17)20(23)26/h2-7,9-10,12-13,17-18H,8H2,1H3. The Morgan fingerprint density at radius 2 is 1.77 bits per heavy atom. The molecule has 3 aliphatic rings. The Hall–Kier alpha value is -3.02. The van der Waals surface area contributed by atoms with Gasteiger partial charge in [-0.15, -0.1) is 0 Å². The molecule has 2 heterocycles. The van der Waals surface area contributed by atoms with Gasteiger partial charge in [-0.3, -0.25) is 19.0 Å². The van der Waals surface area contributed by atoms with Gasteiger partial charge in [0.05, 0.1) is 23.6 Å². The maximum Gasteiger partial charge on any atom is 0.254 e. The summed E-state index contributed by atoms with van der Waals surface area (Å²) in [5.74, 6) is -0.692. The quantitative estimate of drug-likeness (QED) is 0.476. The van der Waals surface area contributed by atoms with Crippen molar-refractivity contribution >= 4 is 34.8 Å². The van der Waals surface area contributed by atoms with Gasteiger partial charge in [-0.2, -0.15) is 10.1 Å². The van der Waals surface area contributed by atoms with E-state index in [1.165, 1.54) is 13.1 Å². The van der Waals surface area contributed by atoms with Crippen molar-refractivity contribution in [2.24, 2.45) is 28.8 Å². The number of carbonyl (C=O) groups is 3. The van der Waals surface area contributed by atoms with E-state index in [0.29, 0.717) is 5.56 Å². The number of rotatable bonds is 2. The minimum Gasteiger partial charge on any atom is -0.287 e. The van der Waals surface area contributed by atoms with E-state index >= 15 is 0 Å². The molecule has 2 aromatic rings. The molecule has 6 heteroatoms. The lowest BCUT2D eigenvalue weighted by atomic mass is 9.85. The fourth-order valence-corrected chi connectivity index (χ4v) is 4.69. The predicted octanol–water partition coefficient (Wildman–Crippen LogP) is 2.44. The first kappa shape index (κ1) is 15.3. The van der Waals surface area contributed by atoms with Crippen LogP contribution in [-0.4, -0.2) is 33.5 Å². The Morgan fingerprint density at radius 3 is 2.42 bits per heavy atom. The number of carbonyl (C=O) groups excluding carboxylic acids is 3. The minimum absolute atomic E-state index is 0.105. The number of fused-ring (bicyclic) bond motifs is 6. The van der Waals surface area contributed by atoms with Gasteiger partial charge in [0.25, 0.3) is 11.8 Å². The molecular formula is C20H17N3O3. The van der Waals surface area contributed by atoms with Crippen LogP contribution in [0.1, 0.15) is 23.7 Å². The lowest BCUT2D eigenvalue weighted by Gasteiger charge is -2.13. The third kappa shape index (κ3) is 1.92. The third-order valence-electron chi connectivity index (χ3n) is 5.84. The summed E-state index contributed by atoms with van der Waals surface area (Å²) in [7, 11) is 0. The molecule has 1 aromatic carbocycles. The predicted molar refractivity (Wildman–Crippen MR) is 95.4 cm³/mol. The molecule has 0 radical (unpaired) electrons. The van der Waals surface area contributed by atoms with Crippen LogP contribution >= 0.6 is 0 Å². The molecule has 6 nitrogen and oxygen atoms in total. The van der Waals surface area contributed by atoms with Crippen LogP contribution in [0.25, 0.3) is 10.9 Å². The molecule has 0 spiro atoms. The van der Waals surface area contributed by atoms with E-state index in [1.54, 1.807) is 10.8 Å². The topological polar surface area (TPSA) is 71.7 Å². The zero-order valence-electron chi connectivity index (χ0n) is 14.2. The molecule has 5 rings (SSSR count). The second-order valence-corrected chi connectivity index (χ2v) is 7.22. The van der Waals surface area contributed by atoms with E-state index in [2.05, 4.69) is 17.3 Å². The van der Waals surface area contributed by atoms with E-state index < -0.39 is 0 Å². The third-order valence-corrected chi connectivity index (χ3v) is 5.84. The zero-order chi connectivity index (χ0) is 18.0. The minimum atomic E-state index is -0.256. The summed E-state index contributed by atoms with van der Waals surface area (Å²) in [4.78, 5) is 37.2. The largest absolute Gasteiger partial charge is 0.287 e. The highest BCUT2D eigenvalue weighted by atomic mass is 16.2. The van der Waals surface area contributed by atoms with Gasteiger partial charge in [-0.25, -0.2) is 0 Å². The van der Waals surface area contributed by atoms with Crippen molar-refractivity contribution in [3.8, 4) is 0 Å². The van der Waals surface area contributed by atoms with Crippen molar-refractivity contribution in [1.29, 1.82) is 0 Å². The Balaban J connectivity index is 1.50. The number of aromatic nitrogens is 1. The van der Waals surface area contributed by atoms with Crippen molar-refractivity contribution in [3.05, 3.63) is 48.2 Å². The second kappa shape index (κ2) is 5.24. The van der Waals surface area contributed by atoms with Gasteiger partial charge >= 0.3 is 0 Å².